The van der Waals surface area contributed by atoms with Crippen molar-refractivity contribution in [1.29, 1.82) is 0 Å². The largest absolute Gasteiger partial charge is 0.399 e. The van der Waals surface area contributed by atoms with E-state index in [4.69, 9.17) is 5.73 Å². The summed E-state index contributed by atoms with van der Waals surface area (Å²) in [5.41, 5.74) is 7.64. The van der Waals surface area contributed by atoms with Crippen LogP contribution in [0.25, 0.3) is 0 Å². The maximum Gasteiger partial charge on any atom is 0.205 e. The Bertz CT molecular complexity index is 463. The van der Waals surface area contributed by atoms with Gasteiger partial charge in [-0.1, -0.05) is 12.1 Å². The number of aromatic nitrogens is 2. The number of rotatable bonds is 3. The van der Waals surface area contributed by atoms with E-state index < -0.39 is 0 Å². The molecule has 0 amide bonds. The monoisotopic (exact) mass is 234 g/mol. The van der Waals surface area contributed by atoms with Crippen LogP contribution < -0.4 is 10.6 Å². The van der Waals surface area contributed by atoms with Crippen LogP contribution in [0.2, 0.25) is 0 Å². The van der Waals surface area contributed by atoms with E-state index >= 15 is 0 Å². The summed E-state index contributed by atoms with van der Waals surface area (Å²) in [5, 5.41) is 0.939. The molecule has 1 aromatic carbocycles. The molecule has 16 heavy (non-hydrogen) atoms. The zero-order valence-electron chi connectivity index (χ0n) is 9.34. The quantitative estimate of drug-likeness (QED) is 0.826. The lowest BCUT2D eigenvalue weighted by Gasteiger charge is -2.14. The van der Waals surface area contributed by atoms with E-state index in [1.165, 1.54) is 17.1 Å². The fraction of sp³-hybridized carbons (Fsp3) is 0.273. The first-order valence-corrected chi connectivity index (χ1v) is 5.78. The van der Waals surface area contributed by atoms with Gasteiger partial charge in [-0.2, -0.15) is 4.37 Å². The van der Waals surface area contributed by atoms with Crippen LogP contribution in [0.5, 0.6) is 0 Å². The Kier molecular flexibility index (Phi) is 3.05. The molecule has 0 atom stereocenters. The molecule has 1 heterocycles. The fourth-order valence-electron chi connectivity index (χ4n) is 1.41. The molecule has 0 saturated heterocycles. The molecule has 0 aliphatic rings. The van der Waals surface area contributed by atoms with Crippen LogP contribution in [0.4, 0.5) is 10.8 Å². The maximum absolute atomic E-state index is 5.64. The van der Waals surface area contributed by atoms with Gasteiger partial charge in [0.15, 0.2) is 0 Å². The Balaban J connectivity index is 2.07. The van der Waals surface area contributed by atoms with Gasteiger partial charge in [0, 0.05) is 30.8 Å². The van der Waals surface area contributed by atoms with Crippen molar-refractivity contribution in [2.75, 3.05) is 17.7 Å². The topological polar surface area (TPSA) is 55.0 Å². The fourth-order valence-corrected chi connectivity index (χ4v) is 2.04. The summed E-state index contributed by atoms with van der Waals surface area (Å²) in [5.74, 6) is 0.823. The number of hydrogen-bond acceptors (Lipinski definition) is 5. The third kappa shape index (κ3) is 2.49. The Morgan fingerprint density at radius 1 is 1.31 bits per heavy atom. The molecule has 0 saturated carbocycles. The van der Waals surface area contributed by atoms with Crippen LogP contribution in [0.1, 0.15) is 11.4 Å². The van der Waals surface area contributed by atoms with Gasteiger partial charge in [-0.05, 0) is 24.6 Å². The third-order valence-electron chi connectivity index (χ3n) is 2.24. The summed E-state index contributed by atoms with van der Waals surface area (Å²) in [7, 11) is 2.01. The van der Waals surface area contributed by atoms with E-state index in [-0.39, 0.29) is 0 Å². The molecule has 0 fully saturated rings. The second-order valence-corrected chi connectivity index (χ2v) is 4.45. The van der Waals surface area contributed by atoms with Crippen molar-refractivity contribution < 1.29 is 0 Å². The number of benzene rings is 1. The molecular formula is C11H14N4S. The smallest absolute Gasteiger partial charge is 0.205 e. The summed E-state index contributed by atoms with van der Waals surface area (Å²) in [6, 6.07) is 7.88. The number of anilines is 2. The lowest BCUT2D eigenvalue weighted by Crippen LogP contribution is -2.16. The highest BCUT2D eigenvalue weighted by Gasteiger charge is 2.06. The number of hydrogen-bond donors (Lipinski definition) is 1. The van der Waals surface area contributed by atoms with Crippen molar-refractivity contribution >= 4 is 22.4 Å². The van der Waals surface area contributed by atoms with Gasteiger partial charge in [0.25, 0.3) is 0 Å². The average Bonchev–Trinajstić information content (AvgIpc) is 2.68. The minimum Gasteiger partial charge on any atom is -0.399 e. The molecule has 0 radical (unpaired) electrons. The highest BCUT2D eigenvalue weighted by Crippen LogP contribution is 2.18. The first-order chi connectivity index (χ1) is 7.65. The zero-order chi connectivity index (χ0) is 11.5. The van der Waals surface area contributed by atoms with Crippen molar-refractivity contribution in [3.63, 3.8) is 0 Å². The molecule has 0 unspecified atom stereocenters. The highest BCUT2D eigenvalue weighted by atomic mass is 32.1. The zero-order valence-corrected chi connectivity index (χ0v) is 10.2. The van der Waals surface area contributed by atoms with E-state index in [9.17, 15) is 0 Å². The Morgan fingerprint density at radius 3 is 2.56 bits per heavy atom. The molecule has 0 bridgehead atoms. The standard InChI is InChI=1S/C11H14N4S/c1-8-13-11(16-14-8)15(2)7-9-3-5-10(12)6-4-9/h3-6H,7,12H2,1-2H3. The van der Waals surface area contributed by atoms with Gasteiger partial charge in [-0.15, -0.1) is 0 Å². The number of nitrogens with two attached hydrogens (primary N) is 1. The molecule has 4 nitrogen and oxygen atoms in total. The molecule has 1 aromatic heterocycles. The second kappa shape index (κ2) is 4.49. The number of aryl methyl sites for hydroxylation is 1. The van der Waals surface area contributed by atoms with Gasteiger partial charge < -0.3 is 10.6 Å². The lowest BCUT2D eigenvalue weighted by atomic mass is 10.2. The van der Waals surface area contributed by atoms with E-state index in [1.54, 1.807) is 0 Å². The minimum atomic E-state index is 0.790. The van der Waals surface area contributed by atoms with Crippen molar-refractivity contribution in [2.45, 2.75) is 13.5 Å². The van der Waals surface area contributed by atoms with E-state index in [1.807, 2.05) is 38.2 Å². The number of nitrogen functional groups attached to an aromatic ring is 1. The van der Waals surface area contributed by atoms with Crippen molar-refractivity contribution in [3.8, 4) is 0 Å². The van der Waals surface area contributed by atoms with Crippen LogP contribution in [-0.2, 0) is 6.54 Å². The van der Waals surface area contributed by atoms with E-state index in [0.29, 0.717) is 0 Å². The molecule has 2 rings (SSSR count). The summed E-state index contributed by atoms with van der Waals surface area (Å²) in [6.07, 6.45) is 0. The summed E-state index contributed by atoms with van der Waals surface area (Å²) >= 11 is 1.42. The van der Waals surface area contributed by atoms with Crippen molar-refractivity contribution in [2.24, 2.45) is 0 Å². The molecule has 0 aliphatic heterocycles. The molecule has 84 valence electrons. The predicted octanol–water partition coefficient (Wildman–Crippen LogP) is 2.07. The van der Waals surface area contributed by atoms with Gasteiger partial charge >= 0.3 is 0 Å². The van der Waals surface area contributed by atoms with Gasteiger partial charge in [0.05, 0.1) is 0 Å². The van der Waals surface area contributed by atoms with Gasteiger partial charge in [-0.25, -0.2) is 4.98 Å². The predicted molar refractivity (Wildman–Crippen MR) is 67.6 cm³/mol. The van der Waals surface area contributed by atoms with Crippen molar-refractivity contribution in [3.05, 3.63) is 35.7 Å². The Hall–Kier alpha value is -1.62. The first-order valence-electron chi connectivity index (χ1n) is 5.01. The molecule has 0 spiro atoms. The van der Waals surface area contributed by atoms with E-state index in [2.05, 4.69) is 14.3 Å². The van der Waals surface area contributed by atoms with Crippen LogP contribution in [0.15, 0.2) is 24.3 Å². The van der Waals surface area contributed by atoms with Gasteiger partial charge in [-0.3, -0.25) is 0 Å². The van der Waals surface area contributed by atoms with Crippen LogP contribution in [-0.4, -0.2) is 16.4 Å². The van der Waals surface area contributed by atoms with Gasteiger partial charge in [0.2, 0.25) is 5.13 Å². The average molecular weight is 234 g/mol. The highest BCUT2D eigenvalue weighted by molar-refractivity contribution is 7.09. The maximum atomic E-state index is 5.64. The molecular weight excluding hydrogens is 220 g/mol. The molecule has 0 aliphatic carbocycles. The molecule has 5 heteroatoms. The third-order valence-corrected chi connectivity index (χ3v) is 3.16. The summed E-state index contributed by atoms with van der Waals surface area (Å²) < 4.78 is 4.16. The Labute approximate surface area is 98.9 Å². The minimum absolute atomic E-state index is 0.790. The summed E-state index contributed by atoms with van der Waals surface area (Å²) in [4.78, 5) is 6.41. The van der Waals surface area contributed by atoms with Crippen LogP contribution in [0, 0.1) is 6.92 Å². The van der Waals surface area contributed by atoms with Crippen LogP contribution in [0.3, 0.4) is 0 Å². The van der Waals surface area contributed by atoms with Crippen LogP contribution >= 0.6 is 11.5 Å². The number of nitrogens with zero attached hydrogens (tertiary/aromatic N) is 3. The Morgan fingerprint density at radius 2 is 2.00 bits per heavy atom. The van der Waals surface area contributed by atoms with Crippen molar-refractivity contribution in [1.82, 2.24) is 9.36 Å². The van der Waals surface area contributed by atoms with E-state index in [0.717, 1.165) is 23.2 Å². The summed E-state index contributed by atoms with van der Waals surface area (Å²) in [6.45, 7) is 2.71. The first kappa shape index (κ1) is 10.9. The molecule has 2 N–H and O–H groups in total. The molecule has 2 aromatic rings. The second-order valence-electron chi connectivity index (χ2n) is 3.72. The lowest BCUT2D eigenvalue weighted by molar-refractivity contribution is 0.909. The SMILES string of the molecule is Cc1nsc(N(C)Cc2ccc(N)cc2)n1. The normalized spacial score (nSPS) is 10.4. The van der Waals surface area contributed by atoms with Gasteiger partial charge in [0.1, 0.15) is 5.82 Å².